The lowest BCUT2D eigenvalue weighted by Gasteiger charge is -2.16. The predicted molar refractivity (Wildman–Crippen MR) is 68.4 cm³/mol. The summed E-state index contributed by atoms with van der Waals surface area (Å²) >= 11 is 6.22. The molecule has 0 aromatic carbocycles. The molecule has 2 rings (SSSR count). The minimum atomic E-state index is 0.270. The van der Waals surface area contributed by atoms with Crippen molar-refractivity contribution in [3.8, 4) is 0 Å². The second kappa shape index (κ2) is 5.67. The van der Waals surface area contributed by atoms with Crippen LogP contribution < -0.4 is 0 Å². The van der Waals surface area contributed by atoms with E-state index < -0.39 is 0 Å². The number of nitrogens with zero attached hydrogens (tertiary/aromatic N) is 2. The summed E-state index contributed by atoms with van der Waals surface area (Å²) in [6, 6.07) is 0. The van der Waals surface area contributed by atoms with Gasteiger partial charge in [0.15, 0.2) is 0 Å². The summed E-state index contributed by atoms with van der Waals surface area (Å²) in [6.45, 7) is 3.00. The Morgan fingerprint density at radius 3 is 3.12 bits per heavy atom. The molecule has 3 nitrogen and oxygen atoms in total. The van der Waals surface area contributed by atoms with E-state index in [1.165, 1.54) is 0 Å². The summed E-state index contributed by atoms with van der Waals surface area (Å²) in [5, 5.41) is 5.03. The highest BCUT2D eigenvalue weighted by atomic mass is 35.5. The van der Waals surface area contributed by atoms with E-state index in [-0.39, 0.29) is 5.92 Å². The minimum Gasteiger partial charge on any atom is -0.300 e. The molecule has 0 bridgehead atoms. The van der Waals surface area contributed by atoms with Crippen molar-refractivity contribution in [1.29, 1.82) is 0 Å². The first-order valence-corrected chi connectivity index (χ1v) is 6.83. The Balaban J connectivity index is 2.24. The highest BCUT2D eigenvalue weighted by Gasteiger charge is 2.24. The largest absolute Gasteiger partial charge is 0.300 e. The van der Waals surface area contributed by atoms with Crippen LogP contribution in [0.4, 0.5) is 0 Å². The van der Waals surface area contributed by atoms with Gasteiger partial charge in [0.2, 0.25) is 0 Å². The molecule has 1 heterocycles. The monoisotopic (exact) mass is 254 g/mol. The Kier molecular flexibility index (Phi) is 4.21. The average molecular weight is 255 g/mol. The molecule has 1 unspecified atom stereocenters. The molecule has 17 heavy (non-hydrogen) atoms. The van der Waals surface area contributed by atoms with Crippen molar-refractivity contribution in [3.05, 3.63) is 16.9 Å². The van der Waals surface area contributed by atoms with Crippen molar-refractivity contribution >= 4 is 17.4 Å². The van der Waals surface area contributed by atoms with E-state index >= 15 is 0 Å². The molecular formula is C13H19ClN2O. The molecule has 0 N–H and O–H groups in total. The maximum absolute atomic E-state index is 11.7. The fourth-order valence-corrected chi connectivity index (χ4v) is 2.89. The summed E-state index contributed by atoms with van der Waals surface area (Å²) in [4.78, 5) is 11.7. The van der Waals surface area contributed by atoms with Crippen LogP contribution >= 0.6 is 11.6 Å². The van der Waals surface area contributed by atoms with E-state index in [9.17, 15) is 4.79 Å². The van der Waals surface area contributed by atoms with Crippen molar-refractivity contribution in [2.24, 2.45) is 0 Å². The van der Waals surface area contributed by atoms with Gasteiger partial charge in [-0.3, -0.25) is 9.48 Å². The van der Waals surface area contributed by atoms with Gasteiger partial charge in [-0.1, -0.05) is 24.9 Å². The average Bonchev–Trinajstić information content (AvgIpc) is 2.52. The third-order valence-electron chi connectivity index (χ3n) is 3.39. The number of halogens is 1. The summed E-state index contributed by atoms with van der Waals surface area (Å²) < 4.78 is 1.98. The summed E-state index contributed by atoms with van der Waals surface area (Å²) in [5.74, 6) is 0.638. The van der Waals surface area contributed by atoms with Gasteiger partial charge in [-0.25, -0.2) is 0 Å². The van der Waals surface area contributed by atoms with Crippen LogP contribution in [0.5, 0.6) is 0 Å². The minimum absolute atomic E-state index is 0.270. The molecule has 1 aromatic rings. The van der Waals surface area contributed by atoms with Gasteiger partial charge in [0.1, 0.15) is 5.78 Å². The van der Waals surface area contributed by atoms with E-state index in [0.717, 1.165) is 49.4 Å². The van der Waals surface area contributed by atoms with Crippen molar-refractivity contribution in [3.63, 3.8) is 0 Å². The maximum atomic E-state index is 11.7. The van der Waals surface area contributed by atoms with Gasteiger partial charge in [-0.15, -0.1) is 0 Å². The Bertz CT molecular complexity index is 400. The van der Waals surface area contributed by atoms with Crippen LogP contribution in [0.15, 0.2) is 6.20 Å². The number of hydrogen-bond acceptors (Lipinski definition) is 2. The lowest BCUT2D eigenvalue weighted by molar-refractivity contribution is -0.119. The molecule has 1 atom stereocenters. The predicted octanol–water partition coefficient (Wildman–Crippen LogP) is 3.56. The zero-order chi connectivity index (χ0) is 12.3. The standard InChI is InChI=1S/C13H19ClN2O/c1-2-7-16-13(12(14)9-15-16)10-5-3-4-6-11(17)8-10/h9-10H,2-8H2,1H3. The number of ketones is 1. The molecule has 1 aliphatic carbocycles. The smallest absolute Gasteiger partial charge is 0.133 e. The maximum Gasteiger partial charge on any atom is 0.133 e. The van der Waals surface area contributed by atoms with Gasteiger partial charge >= 0.3 is 0 Å². The Morgan fingerprint density at radius 1 is 1.53 bits per heavy atom. The molecule has 1 aromatic heterocycles. The zero-order valence-corrected chi connectivity index (χ0v) is 11.0. The van der Waals surface area contributed by atoms with Crippen LogP contribution in [-0.4, -0.2) is 15.6 Å². The van der Waals surface area contributed by atoms with Crippen molar-refractivity contribution in [1.82, 2.24) is 9.78 Å². The number of Topliss-reactive ketones (excluding diaryl/α,β-unsaturated/α-hetero) is 1. The Hall–Kier alpha value is -0.830. The lowest BCUT2D eigenvalue weighted by atomic mass is 9.96. The van der Waals surface area contributed by atoms with E-state index in [0.29, 0.717) is 12.2 Å². The number of aryl methyl sites for hydroxylation is 1. The lowest BCUT2D eigenvalue weighted by Crippen LogP contribution is -2.12. The fourth-order valence-electron chi connectivity index (χ4n) is 2.59. The molecule has 1 saturated carbocycles. The van der Waals surface area contributed by atoms with E-state index in [4.69, 9.17) is 11.6 Å². The molecule has 1 fully saturated rings. The van der Waals surface area contributed by atoms with Gasteiger partial charge in [-0.2, -0.15) is 5.10 Å². The van der Waals surface area contributed by atoms with Crippen LogP contribution in [0, 0.1) is 0 Å². The topological polar surface area (TPSA) is 34.9 Å². The Labute approximate surface area is 107 Å². The van der Waals surface area contributed by atoms with Crippen LogP contribution in [0.3, 0.4) is 0 Å². The second-order valence-electron chi connectivity index (χ2n) is 4.79. The van der Waals surface area contributed by atoms with Crippen molar-refractivity contribution in [2.75, 3.05) is 0 Å². The molecule has 4 heteroatoms. The highest BCUT2D eigenvalue weighted by Crippen LogP contribution is 2.34. The molecule has 94 valence electrons. The number of rotatable bonds is 3. The number of carbonyl (C=O) groups excluding carboxylic acids is 1. The van der Waals surface area contributed by atoms with Crippen LogP contribution in [0.25, 0.3) is 0 Å². The number of aromatic nitrogens is 2. The van der Waals surface area contributed by atoms with E-state index in [1.54, 1.807) is 6.20 Å². The highest BCUT2D eigenvalue weighted by molar-refractivity contribution is 6.31. The molecule has 0 spiro atoms. The quantitative estimate of drug-likeness (QED) is 0.773. The van der Waals surface area contributed by atoms with Crippen molar-refractivity contribution < 1.29 is 4.79 Å². The van der Waals surface area contributed by atoms with Crippen LogP contribution in [0.1, 0.15) is 57.1 Å². The number of hydrogen-bond donors (Lipinski definition) is 0. The zero-order valence-electron chi connectivity index (χ0n) is 10.3. The van der Waals surface area contributed by atoms with E-state index in [1.807, 2.05) is 4.68 Å². The van der Waals surface area contributed by atoms with Gasteiger partial charge < -0.3 is 0 Å². The first-order chi connectivity index (χ1) is 8.22. The molecule has 0 aliphatic heterocycles. The first-order valence-electron chi connectivity index (χ1n) is 6.45. The number of carbonyl (C=O) groups is 1. The SMILES string of the molecule is CCCn1ncc(Cl)c1C1CCCCC(=O)C1. The summed E-state index contributed by atoms with van der Waals surface area (Å²) in [5.41, 5.74) is 1.07. The van der Waals surface area contributed by atoms with Crippen LogP contribution in [-0.2, 0) is 11.3 Å². The third-order valence-corrected chi connectivity index (χ3v) is 3.68. The van der Waals surface area contributed by atoms with Gasteiger partial charge in [0.25, 0.3) is 0 Å². The molecular weight excluding hydrogens is 236 g/mol. The second-order valence-corrected chi connectivity index (χ2v) is 5.19. The third kappa shape index (κ3) is 2.89. The first kappa shape index (κ1) is 12.6. The van der Waals surface area contributed by atoms with Gasteiger partial charge in [0.05, 0.1) is 16.9 Å². The normalized spacial score (nSPS) is 21.5. The van der Waals surface area contributed by atoms with Crippen molar-refractivity contribution in [2.45, 2.75) is 57.9 Å². The van der Waals surface area contributed by atoms with Gasteiger partial charge in [0, 0.05) is 25.3 Å². The molecule has 0 saturated heterocycles. The molecule has 0 radical (unpaired) electrons. The van der Waals surface area contributed by atoms with Gasteiger partial charge in [-0.05, 0) is 19.3 Å². The summed E-state index contributed by atoms with van der Waals surface area (Å²) in [7, 11) is 0. The molecule has 0 amide bonds. The Morgan fingerprint density at radius 2 is 2.35 bits per heavy atom. The molecule has 1 aliphatic rings. The van der Waals surface area contributed by atoms with E-state index in [2.05, 4.69) is 12.0 Å². The fraction of sp³-hybridized carbons (Fsp3) is 0.692. The summed E-state index contributed by atoms with van der Waals surface area (Å²) in [6.07, 6.45) is 7.30. The van der Waals surface area contributed by atoms with Crippen LogP contribution in [0.2, 0.25) is 5.02 Å².